The van der Waals surface area contributed by atoms with E-state index in [-0.39, 0.29) is 0 Å². The quantitative estimate of drug-likeness (QED) is 0.476. The number of halogens is 2. The van der Waals surface area contributed by atoms with E-state index in [1.165, 1.54) is 0 Å². The largest absolute Gasteiger partial charge is 0.303 e. The minimum absolute atomic E-state index is 0.410. The maximum Gasteiger partial charge on any atom is 0.296 e. The van der Waals surface area contributed by atoms with Crippen LogP contribution in [0.15, 0.2) is 18.2 Å². The first-order valence-electron chi connectivity index (χ1n) is 5.38. The van der Waals surface area contributed by atoms with Gasteiger partial charge in [0, 0.05) is 29.7 Å². The molecule has 1 atom stereocenters. The summed E-state index contributed by atoms with van der Waals surface area (Å²) in [6.07, 6.45) is -0.433. The second-order valence-corrected chi connectivity index (χ2v) is 7.08. The van der Waals surface area contributed by atoms with Gasteiger partial charge in [0.25, 0.3) is 5.69 Å². The number of anilines is 1. The average Bonchev–Trinajstić information content (AvgIpc) is 2.70. The first-order valence-corrected chi connectivity index (χ1v) is 7.76. The van der Waals surface area contributed by atoms with Crippen molar-refractivity contribution in [3.8, 4) is 0 Å². The maximum atomic E-state index is 13.8. The van der Waals surface area contributed by atoms with Crippen molar-refractivity contribution >= 4 is 37.0 Å². The van der Waals surface area contributed by atoms with E-state index in [9.17, 15) is 27.7 Å². The Balaban J connectivity index is 2.48. The molecule has 1 aliphatic heterocycles. The molecule has 0 aromatic heterocycles. The Morgan fingerprint density at radius 3 is 2.60 bits per heavy atom. The van der Waals surface area contributed by atoms with Gasteiger partial charge in [-0.2, -0.15) is 0 Å². The highest BCUT2D eigenvalue weighted by molar-refractivity contribution is 8.14. The molecule has 0 bridgehead atoms. The number of amides is 1. The fourth-order valence-electron chi connectivity index (χ4n) is 2.00. The van der Waals surface area contributed by atoms with Gasteiger partial charge >= 0.3 is 0 Å². The van der Waals surface area contributed by atoms with Crippen molar-refractivity contribution in [2.45, 2.75) is 11.7 Å². The molecule has 108 valence electrons. The maximum absolute atomic E-state index is 13.8. The SMILES string of the molecule is O=C1CC(S(=O)(=O)Cl)CN1c1c(F)cccc1[N+](=O)[O-]. The standard InChI is InChI=1S/C10H8ClFN2O5S/c11-20(18,19)6-4-9(15)13(5-6)10-7(12)2-1-3-8(10)14(16)17/h1-3,6H,4-5H2. The lowest BCUT2D eigenvalue weighted by molar-refractivity contribution is -0.384. The molecule has 0 saturated carbocycles. The molecule has 7 nitrogen and oxygen atoms in total. The van der Waals surface area contributed by atoms with Crippen molar-refractivity contribution in [3.05, 3.63) is 34.1 Å². The highest BCUT2D eigenvalue weighted by atomic mass is 35.7. The number of nitro groups is 1. The smallest absolute Gasteiger partial charge is 0.296 e. The van der Waals surface area contributed by atoms with Gasteiger partial charge in [-0.25, -0.2) is 12.8 Å². The third-order valence-electron chi connectivity index (χ3n) is 2.92. The zero-order valence-electron chi connectivity index (χ0n) is 9.82. The van der Waals surface area contributed by atoms with Crippen LogP contribution in [0.25, 0.3) is 0 Å². The van der Waals surface area contributed by atoms with Crippen LogP contribution in [0.2, 0.25) is 0 Å². The van der Waals surface area contributed by atoms with E-state index in [0.29, 0.717) is 0 Å². The number of nitrogens with zero attached hydrogens (tertiary/aromatic N) is 2. The first kappa shape index (κ1) is 14.7. The van der Waals surface area contributed by atoms with Gasteiger partial charge in [0.2, 0.25) is 15.0 Å². The molecule has 0 aliphatic carbocycles. The molecule has 0 spiro atoms. The molecule has 1 heterocycles. The second-order valence-electron chi connectivity index (χ2n) is 4.17. The molecule has 1 aliphatic rings. The fraction of sp³-hybridized carbons (Fsp3) is 0.300. The highest BCUT2D eigenvalue weighted by Gasteiger charge is 2.41. The van der Waals surface area contributed by atoms with Crippen molar-refractivity contribution < 1.29 is 22.5 Å². The number of carbonyl (C=O) groups excluding carboxylic acids is 1. The topological polar surface area (TPSA) is 97.6 Å². The Hall–Kier alpha value is -1.74. The molecular weight excluding hydrogens is 315 g/mol. The van der Waals surface area contributed by atoms with Gasteiger partial charge in [-0.05, 0) is 6.07 Å². The van der Waals surface area contributed by atoms with Crippen LogP contribution in [0.4, 0.5) is 15.8 Å². The lowest BCUT2D eigenvalue weighted by Gasteiger charge is -2.16. The second kappa shape index (κ2) is 4.98. The van der Waals surface area contributed by atoms with Crippen LogP contribution in [0, 0.1) is 15.9 Å². The molecule has 0 radical (unpaired) electrons. The van der Waals surface area contributed by atoms with Crippen LogP contribution in [-0.2, 0) is 13.8 Å². The van der Waals surface area contributed by atoms with Gasteiger partial charge < -0.3 is 4.90 Å². The van der Waals surface area contributed by atoms with Gasteiger partial charge in [0.1, 0.15) is 5.25 Å². The summed E-state index contributed by atoms with van der Waals surface area (Å²) in [6, 6.07) is 3.12. The predicted molar refractivity (Wildman–Crippen MR) is 68.6 cm³/mol. The van der Waals surface area contributed by atoms with Gasteiger partial charge in [-0.15, -0.1) is 0 Å². The zero-order valence-corrected chi connectivity index (χ0v) is 11.4. The molecule has 1 saturated heterocycles. The first-order chi connectivity index (χ1) is 9.21. The van der Waals surface area contributed by atoms with Gasteiger partial charge in [-0.3, -0.25) is 14.9 Å². The number of hydrogen-bond acceptors (Lipinski definition) is 5. The highest BCUT2D eigenvalue weighted by Crippen LogP contribution is 2.35. The summed E-state index contributed by atoms with van der Waals surface area (Å²) in [5.41, 5.74) is -1.14. The number of nitro benzene ring substituents is 1. The molecule has 1 aromatic carbocycles. The van der Waals surface area contributed by atoms with Crippen LogP contribution < -0.4 is 4.90 Å². The third kappa shape index (κ3) is 2.59. The summed E-state index contributed by atoms with van der Waals surface area (Å²) >= 11 is 0. The summed E-state index contributed by atoms with van der Waals surface area (Å²) in [5, 5.41) is 9.66. The van der Waals surface area contributed by atoms with Crippen molar-refractivity contribution in [1.82, 2.24) is 0 Å². The zero-order chi connectivity index (χ0) is 15.1. The Labute approximate surface area is 117 Å². The molecule has 10 heteroatoms. The minimum Gasteiger partial charge on any atom is -0.303 e. The number of rotatable bonds is 3. The molecule has 1 aromatic rings. The molecule has 2 rings (SSSR count). The number of carbonyl (C=O) groups is 1. The minimum atomic E-state index is -4.00. The Morgan fingerprint density at radius 1 is 1.45 bits per heavy atom. The van der Waals surface area contributed by atoms with E-state index in [0.717, 1.165) is 23.1 Å². The van der Waals surface area contributed by atoms with E-state index in [1.807, 2.05) is 0 Å². The average molecular weight is 323 g/mol. The van der Waals surface area contributed by atoms with Crippen molar-refractivity contribution in [2.24, 2.45) is 0 Å². The monoisotopic (exact) mass is 322 g/mol. The lowest BCUT2D eigenvalue weighted by Crippen LogP contribution is -2.28. The predicted octanol–water partition coefficient (Wildman–Crippen LogP) is 1.41. The van der Waals surface area contributed by atoms with E-state index in [2.05, 4.69) is 0 Å². The lowest BCUT2D eigenvalue weighted by atomic mass is 10.2. The van der Waals surface area contributed by atoms with Crippen LogP contribution in [-0.4, -0.2) is 31.0 Å². The van der Waals surface area contributed by atoms with Crippen molar-refractivity contribution in [2.75, 3.05) is 11.4 Å². The van der Waals surface area contributed by atoms with E-state index < -0.39 is 55.3 Å². The third-order valence-corrected chi connectivity index (χ3v) is 4.79. The van der Waals surface area contributed by atoms with E-state index in [1.54, 1.807) is 0 Å². The summed E-state index contributed by atoms with van der Waals surface area (Å²) < 4.78 is 36.2. The molecule has 1 amide bonds. The fourth-order valence-corrected chi connectivity index (χ4v) is 3.02. The molecule has 20 heavy (non-hydrogen) atoms. The number of benzene rings is 1. The van der Waals surface area contributed by atoms with Crippen LogP contribution in [0.1, 0.15) is 6.42 Å². The molecular formula is C10H8ClFN2O5S. The Bertz CT molecular complexity index is 693. The Morgan fingerprint density at radius 2 is 2.10 bits per heavy atom. The van der Waals surface area contributed by atoms with Crippen LogP contribution in [0.5, 0.6) is 0 Å². The number of hydrogen-bond donors (Lipinski definition) is 0. The summed E-state index contributed by atoms with van der Waals surface area (Å²) in [6.45, 7) is -0.410. The number of para-hydroxylation sites is 1. The van der Waals surface area contributed by atoms with Gasteiger partial charge in [0.15, 0.2) is 11.5 Å². The van der Waals surface area contributed by atoms with Gasteiger partial charge in [-0.1, -0.05) is 6.07 Å². The van der Waals surface area contributed by atoms with Crippen LogP contribution in [0.3, 0.4) is 0 Å². The summed E-state index contributed by atoms with van der Waals surface area (Å²) in [4.78, 5) is 22.6. The van der Waals surface area contributed by atoms with Crippen molar-refractivity contribution in [1.29, 1.82) is 0 Å². The summed E-state index contributed by atoms with van der Waals surface area (Å²) in [7, 11) is 1.16. The summed E-state index contributed by atoms with van der Waals surface area (Å²) in [5.74, 6) is -1.70. The normalized spacial score (nSPS) is 19.4. The molecule has 0 N–H and O–H groups in total. The Kier molecular flexibility index (Phi) is 3.65. The molecule has 1 unspecified atom stereocenters. The van der Waals surface area contributed by atoms with Crippen LogP contribution >= 0.6 is 10.7 Å². The molecule has 1 fully saturated rings. The van der Waals surface area contributed by atoms with E-state index in [4.69, 9.17) is 10.7 Å². The van der Waals surface area contributed by atoms with E-state index >= 15 is 0 Å². The van der Waals surface area contributed by atoms with Gasteiger partial charge in [0.05, 0.1) is 4.92 Å². The van der Waals surface area contributed by atoms with Crippen molar-refractivity contribution in [3.63, 3.8) is 0 Å².